The van der Waals surface area contributed by atoms with Crippen LogP contribution >= 0.6 is 0 Å². The summed E-state index contributed by atoms with van der Waals surface area (Å²) in [7, 11) is 0. The summed E-state index contributed by atoms with van der Waals surface area (Å²) < 4.78 is 8.68. The van der Waals surface area contributed by atoms with Gasteiger partial charge in [0.05, 0.1) is 11.0 Å². The van der Waals surface area contributed by atoms with Crippen molar-refractivity contribution in [3.63, 3.8) is 0 Å². The number of fused-ring (bicyclic) bond motifs is 10. The van der Waals surface area contributed by atoms with E-state index in [9.17, 15) is 0 Å². The third-order valence-electron chi connectivity index (χ3n) is 11.2. The Morgan fingerprint density at radius 2 is 1.03 bits per heavy atom. The first-order valence-electron chi connectivity index (χ1n) is 20.3. The Kier molecular flexibility index (Phi) is 8.26. The molecular weight excluding hydrogens is 721 g/mol. The summed E-state index contributed by atoms with van der Waals surface area (Å²) in [6.07, 6.45) is 1.25. The smallest absolute Gasteiger partial charge is 0.238 e. The maximum atomic E-state index is 6.43. The Bertz CT molecular complexity index is 3560. The average molecular weight is 759 g/mol. The zero-order valence-electron chi connectivity index (χ0n) is 32.7. The van der Waals surface area contributed by atoms with E-state index in [2.05, 4.69) is 182 Å². The number of nitrogens with zero attached hydrogens (tertiary/aromatic N) is 4. The van der Waals surface area contributed by atoms with Crippen LogP contribution in [0.4, 0.5) is 0 Å². The molecule has 0 saturated carbocycles. The van der Waals surface area contributed by atoms with Crippen LogP contribution in [-0.2, 0) is 0 Å². The van der Waals surface area contributed by atoms with Crippen LogP contribution < -0.4 is 0 Å². The van der Waals surface area contributed by atoms with Crippen LogP contribution in [0.25, 0.3) is 116 Å². The lowest BCUT2D eigenvalue weighted by Crippen LogP contribution is -2.07. The number of hydrogen-bond acceptors (Lipinski definition) is 4. The van der Waals surface area contributed by atoms with Crippen molar-refractivity contribution in [2.75, 3.05) is 0 Å². The van der Waals surface area contributed by atoms with Crippen molar-refractivity contribution in [1.29, 1.82) is 0 Å². The first kappa shape index (κ1) is 34.6. The predicted octanol–water partition coefficient (Wildman–Crippen LogP) is 14.7. The summed E-state index contributed by atoms with van der Waals surface area (Å²) in [5.74, 6) is 1.79. The van der Waals surface area contributed by atoms with Crippen molar-refractivity contribution in [2.45, 2.75) is 20.3 Å². The van der Waals surface area contributed by atoms with Crippen LogP contribution in [0.2, 0.25) is 0 Å². The molecule has 12 rings (SSSR count). The minimum atomic E-state index is 0.561. The van der Waals surface area contributed by atoms with Gasteiger partial charge in [-0.15, -0.1) is 0 Å². The Morgan fingerprint density at radius 3 is 1.83 bits per heavy atom. The van der Waals surface area contributed by atoms with Gasteiger partial charge in [-0.3, -0.25) is 4.57 Å². The van der Waals surface area contributed by atoms with E-state index in [1.165, 1.54) is 28.0 Å². The molecule has 0 aliphatic heterocycles. The van der Waals surface area contributed by atoms with Gasteiger partial charge in [-0.05, 0) is 74.3 Å². The number of aromatic nitrogens is 4. The van der Waals surface area contributed by atoms with Gasteiger partial charge in [0.2, 0.25) is 5.95 Å². The third-order valence-corrected chi connectivity index (χ3v) is 11.2. The van der Waals surface area contributed by atoms with E-state index in [0.29, 0.717) is 17.6 Å². The second kappa shape index (κ2) is 14.1. The van der Waals surface area contributed by atoms with Gasteiger partial charge in [0.15, 0.2) is 11.6 Å². The van der Waals surface area contributed by atoms with Crippen molar-refractivity contribution >= 4 is 76.1 Å². The Hall–Kier alpha value is -7.63. The molecule has 5 nitrogen and oxygen atoms in total. The van der Waals surface area contributed by atoms with Gasteiger partial charge < -0.3 is 4.42 Å². The number of furan rings is 1. The Labute approximate surface area is 340 Å². The average Bonchev–Trinajstić information content (AvgIpc) is 3.84. The molecule has 0 bridgehead atoms. The SMILES string of the molecule is CCC.c1ccc(-c2nc(-c3ccc4ccccc4c3)nc(-n3c4cc5ccccc5cc4c4cccc(-c5ccc6oc7ccc8ccccc8c7c6c5)c43)n2)cc1. The van der Waals surface area contributed by atoms with Crippen LogP contribution in [0, 0.1) is 0 Å². The van der Waals surface area contributed by atoms with Crippen LogP contribution in [-0.4, -0.2) is 19.5 Å². The van der Waals surface area contributed by atoms with Crippen molar-refractivity contribution < 1.29 is 4.42 Å². The quantitative estimate of drug-likeness (QED) is 0.179. The molecule has 5 heteroatoms. The minimum Gasteiger partial charge on any atom is -0.456 e. The van der Waals surface area contributed by atoms with Gasteiger partial charge in [-0.2, -0.15) is 9.97 Å². The molecule has 12 aromatic rings. The van der Waals surface area contributed by atoms with Crippen LogP contribution in [0.3, 0.4) is 0 Å². The molecule has 59 heavy (non-hydrogen) atoms. The highest BCUT2D eigenvalue weighted by Gasteiger charge is 2.22. The van der Waals surface area contributed by atoms with E-state index in [4.69, 9.17) is 19.4 Å². The summed E-state index contributed by atoms with van der Waals surface area (Å²) in [6, 6.07) is 64.0. The molecule has 0 radical (unpaired) electrons. The molecule has 0 aliphatic rings. The lowest BCUT2D eigenvalue weighted by atomic mass is 9.98. The largest absolute Gasteiger partial charge is 0.456 e. The fourth-order valence-corrected chi connectivity index (χ4v) is 8.55. The minimum absolute atomic E-state index is 0.561. The highest BCUT2D eigenvalue weighted by molar-refractivity contribution is 6.21. The molecule has 0 atom stereocenters. The van der Waals surface area contributed by atoms with Gasteiger partial charge in [-0.25, -0.2) is 4.98 Å². The topological polar surface area (TPSA) is 56.7 Å². The van der Waals surface area contributed by atoms with Gasteiger partial charge in [0, 0.05) is 38.2 Å². The molecule has 3 heterocycles. The number of benzene rings is 9. The van der Waals surface area contributed by atoms with E-state index in [1.54, 1.807) is 0 Å². The normalized spacial score (nSPS) is 11.6. The molecule has 3 aromatic heterocycles. The molecule has 0 aliphatic carbocycles. The third kappa shape index (κ3) is 5.81. The molecule has 0 unspecified atom stereocenters. The van der Waals surface area contributed by atoms with Gasteiger partial charge >= 0.3 is 0 Å². The fraction of sp³-hybridized carbons (Fsp3) is 0.0556. The predicted molar refractivity (Wildman–Crippen MR) is 246 cm³/mol. The first-order chi connectivity index (χ1) is 29.1. The zero-order chi connectivity index (χ0) is 39.5. The second-order valence-corrected chi connectivity index (χ2v) is 15.1. The van der Waals surface area contributed by atoms with Crippen molar-refractivity contribution in [1.82, 2.24) is 19.5 Å². The monoisotopic (exact) mass is 758 g/mol. The molecule has 280 valence electrons. The first-order valence-corrected chi connectivity index (χ1v) is 20.3. The maximum Gasteiger partial charge on any atom is 0.238 e. The Morgan fingerprint density at radius 1 is 0.424 bits per heavy atom. The van der Waals surface area contributed by atoms with Crippen LogP contribution in [0.1, 0.15) is 20.3 Å². The summed E-state index contributed by atoms with van der Waals surface area (Å²) in [4.78, 5) is 15.7. The molecule has 0 N–H and O–H groups in total. The lowest BCUT2D eigenvalue weighted by Gasteiger charge is -2.13. The number of hydrogen-bond donors (Lipinski definition) is 0. The van der Waals surface area contributed by atoms with E-state index >= 15 is 0 Å². The van der Waals surface area contributed by atoms with Gasteiger partial charge in [-0.1, -0.05) is 166 Å². The number of rotatable bonds is 4. The van der Waals surface area contributed by atoms with Crippen molar-refractivity contribution in [2.24, 2.45) is 0 Å². The molecule has 0 spiro atoms. The maximum absolute atomic E-state index is 6.43. The molecule has 0 amide bonds. The number of para-hydroxylation sites is 1. The van der Waals surface area contributed by atoms with E-state index < -0.39 is 0 Å². The summed E-state index contributed by atoms with van der Waals surface area (Å²) in [5.41, 5.74) is 7.83. The van der Waals surface area contributed by atoms with Gasteiger partial charge in [0.25, 0.3) is 0 Å². The molecule has 9 aromatic carbocycles. The fourth-order valence-electron chi connectivity index (χ4n) is 8.55. The van der Waals surface area contributed by atoms with E-state index in [1.807, 2.05) is 18.2 Å². The van der Waals surface area contributed by atoms with Crippen LogP contribution in [0.5, 0.6) is 0 Å². The second-order valence-electron chi connectivity index (χ2n) is 15.1. The lowest BCUT2D eigenvalue weighted by molar-refractivity contribution is 0.669. The highest BCUT2D eigenvalue weighted by Crippen LogP contribution is 2.42. The highest BCUT2D eigenvalue weighted by atomic mass is 16.3. The van der Waals surface area contributed by atoms with E-state index in [-0.39, 0.29) is 0 Å². The zero-order valence-corrected chi connectivity index (χ0v) is 32.7. The Balaban J connectivity index is 0.00000129. The van der Waals surface area contributed by atoms with Crippen molar-refractivity contribution in [3.8, 4) is 39.9 Å². The van der Waals surface area contributed by atoms with Crippen LogP contribution in [0.15, 0.2) is 186 Å². The van der Waals surface area contributed by atoms with E-state index in [0.717, 1.165) is 76.8 Å². The standard InChI is InChI=1S/C51H30N4O.C3H8/c1-2-13-33(14-3-1)49-52-50(38-22-21-31-11-4-5-15-34(31)27-38)54-51(53-49)55-44-30-36-17-7-6-16-35(36)28-42(44)41-20-10-19-40(48(41)55)37-24-25-45-43(29-37)47-39-18-9-8-12-32(39)23-26-46(47)56-45;1-3-2/h1-30H;3H2,1-2H3. The summed E-state index contributed by atoms with van der Waals surface area (Å²) in [6.45, 7) is 4.25. The molecule has 0 fully saturated rings. The summed E-state index contributed by atoms with van der Waals surface area (Å²) >= 11 is 0. The van der Waals surface area contributed by atoms with Crippen molar-refractivity contribution in [3.05, 3.63) is 182 Å². The summed E-state index contributed by atoms with van der Waals surface area (Å²) in [5, 5.41) is 11.5. The van der Waals surface area contributed by atoms with Gasteiger partial charge in [0.1, 0.15) is 11.2 Å². The molecule has 0 saturated heterocycles. The molecular formula is C54H38N4O.